The van der Waals surface area contributed by atoms with Gasteiger partial charge >= 0.3 is 0 Å². The Morgan fingerprint density at radius 2 is 1.91 bits per heavy atom. The molecule has 2 aromatic rings. The zero-order valence-electron chi connectivity index (χ0n) is 13.3. The first-order valence-corrected chi connectivity index (χ1v) is 7.66. The maximum Gasteiger partial charge on any atom is 0.257 e. The molecule has 23 heavy (non-hydrogen) atoms. The number of aromatic nitrogens is 2. The van der Waals surface area contributed by atoms with E-state index in [9.17, 15) is 9.59 Å². The third-order valence-corrected chi connectivity index (χ3v) is 4.21. The van der Waals surface area contributed by atoms with Crippen molar-refractivity contribution < 1.29 is 9.59 Å². The number of hydrogen-bond acceptors (Lipinski definition) is 3. The summed E-state index contributed by atoms with van der Waals surface area (Å²) in [6, 6.07) is 9.74. The van der Waals surface area contributed by atoms with Crippen LogP contribution in [-0.2, 0) is 11.8 Å². The van der Waals surface area contributed by atoms with Crippen LogP contribution in [0.3, 0.4) is 0 Å². The highest BCUT2D eigenvalue weighted by atomic mass is 16.2. The lowest BCUT2D eigenvalue weighted by atomic mass is 10.0. The van der Waals surface area contributed by atoms with Crippen LogP contribution in [0.4, 0.5) is 0 Å². The minimum atomic E-state index is -0.108. The fraction of sp³-hybridized carbons (Fsp3) is 0.353. The number of rotatable bonds is 2. The van der Waals surface area contributed by atoms with Gasteiger partial charge in [0, 0.05) is 39.8 Å². The maximum absolute atomic E-state index is 12.6. The highest BCUT2D eigenvalue weighted by Gasteiger charge is 2.32. The Labute approximate surface area is 135 Å². The van der Waals surface area contributed by atoms with Crippen LogP contribution in [-0.4, -0.2) is 51.0 Å². The molecular formula is C17H20N4O2. The lowest BCUT2D eigenvalue weighted by molar-refractivity contribution is -0.133. The number of carbonyl (C=O) groups is 2. The molecule has 1 aromatic heterocycles. The van der Waals surface area contributed by atoms with Crippen LogP contribution in [0.15, 0.2) is 42.7 Å². The number of carbonyl (C=O) groups excluding carboxylic acids is 2. The molecule has 1 aliphatic heterocycles. The molecule has 0 unspecified atom stereocenters. The van der Waals surface area contributed by atoms with Crippen LogP contribution >= 0.6 is 0 Å². The van der Waals surface area contributed by atoms with E-state index >= 15 is 0 Å². The van der Waals surface area contributed by atoms with Gasteiger partial charge < -0.3 is 9.80 Å². The summed E-state index contributed by atoms with van der Waals surface area (Å²) < 4.78 is 1.62. The second-order valence-electron chi connectivity index (χ2n) is 5.79. The standard InChI is InChI=1S/C17H20N4O2/c1-13(22)21-9-8-20(17(23)15-10-18-19(2)11-15)12-16(21)14-6-4-3-5-7-14/h3-7,10-11,16H,8-9,12H2,1-2H3/t16-/m1/s1. The molecule has 6 nitrogen and oxygen atoms in total. The van der Waals surface area contributed by atoms with Gasteiger partial charge in [-0.25, -0.2) is 0 Å². The molecule has 0 N–H and O–H groups in total. The average Bonchev–Trinajstić information content (AvgIpc) is 3.01. The molecule has 0 spiro atoms. The van der Waals surface area contributed by atoms with E-state index < -0.39 is 0 Å². The van der Waals surface area contributed by atoms with Gasteiger partial charge in [-0.15, -0.1) is 0 Å². The van der Waals surface area contributed by atoms with Crippen molar-refractivity contribution in [2.45, 2.75) is 13.0 Å². The number of hydrogen-bond donors (Lipinski definition) is 0. The number of nitrogens with zero attached hydrogens (tertiary/aromatic N) is 4. The largest absolute Gasteiger partial charge is 0.334 e. The Kier molecular flexibility index (Phi) is 4.14. The van der Waals surface area contributed by atoms with Crippen molar-refractivity contribution >= 4 is 11.8 Å². The van der Waals surface area contributed by atoms with Crippen molar-refractivity contribution in [3.8, 4) is 0 Å². The Bertz CT molecular complexity index is 710. The second kappa shape index (κ2) is 6.24. The predicted octanol–water partition coefficient (Wildman–Crippen LogP) is 1.47. The maximum atomic E-state index is 12.6. The molecule has 0 radical (unpaired) electrons. The number of aryl methyl sites for hydroxylation is 1. The Morgan fingerprint density at radius 1 is 1.17 bits per heavy atom. The monoisotopic (exact) mass is 312 g/mol. The smallest absolute Gasteiger partial charge is 0.257 e. The Balaban J connectivity index is 1.84. The van der Waals surface area contributed by atoms with E-state index in [4.69, 9.17) is 0 Å². The van der Waals surface area contributed by atoms with E-state index in [2.05, 4.69) is 5.10 Å². The van der Waals surface area contributed by atoms with Gasteiger partial charge in [-0.05, 0) is 5.56 Å². The first-order chi connectivity index (χ1) is 11.1. The van der Waals surface area contributed by atoms with Crippen LogP contribution in [0, 0.1) is 0 Å². The van der Waals surface area contributed by atoms with Gasteiger partial charge in [0.15, 0.2) is 0 Å². The quantitative estimate of drug-likeness (QED) is 0.843. The Hall–Kier alpha value is -2.63. The molecule has 120 valence electrons. The first kappa shape index (κ1) is 15.3. The van der Waals surface area contributed by atoms with Crippen LogP contribution in [0.5, 0.6) is 0 Å². The van der Waals surface area contributed by atoms with Crippen LogP contribution in [0.2, 0.25) is 0 Å². The molecule has 3 rings (SSSR count). The molecule has 0 aliphatic carbocycles. The topological polar surface area (TPSA) is 58.4 Å². The van der Waals surface area contributed by atoms with Crippen molar-refractivity contribution in [2.75, 3.05) is 19.6 Å². The van der Waals surface area contributed by atoms with Crippen LogP contribution in [0.1, 0.15) is 28.9 Å². The second-order valence-corrected chi connectivity index (χ2v) is 5.79. The zero-order chi connectivity index (χ0) is 16.4. The molecule has 1 aliphatic rings. The van der Waals surface area contributed by atoms with E-state index in [1.165, 1.54) is 0 Å². The third-order valence-electron chi connectivity index (χ3n) is 4.21. The first-order valence-electron chi connectivity index (χ1n) is 7.66. The normalized spacial score (nSPS) is 18.1. The lowest BCUT2D eigenvalue weighted by Crippen LogP contribution is -2.51. The van der Waals surface area contributed by atoms with Crippen molar-refractivity contribution in [1.29, 1.82) is 0 Å². The molecular weight excluding hydrogens is 292 g/mol. The molecule has 0 saturated carbocycles. The molecule has 0 bridgehead atoms. The summed E-state index contributed by atoms with van der Waals surface area (Å²) in [6.45, 7) is 3.16. The van der Waals surface area contributed by atoms with E-state index in [1.54, 1.807) is 35.9 Å². The molecule has 2 heterocycles. The van der Waals surface area contributed by atoms with Crippen molar-refractivity contribution in [3.63, 3.8) is 0 Å². The van der Waals surface area contributed by atoms with Gasteiger partial charge in [0.25, 0.3) is 5.91 Å². The summed E-state index contributed by atoms with van der Waals surface area (Å²) in [5.41, 5.74) is 1.63. The van der Waals surface area contributed by atoms with Crippen LogP contribution < -0.4 is 0 Å². The van der Waals surface area contributed by atoms with Crippen molar-refractivity contribution in [3.05, 3.63) is 53.9 Å². The number of benzene rings is 1. The number of amides is 2. The van der Waals surface area contributed by atoms with Crippen molar-refractivity contribution in [1.82, 2.24) is 19.6 Å². The fourth-order valence-corrected chi connectivity index (χ4v) is 3.02. The minimum Gasteiger partial charge on any atom is -0.334 e. The average molecular weight is 312 g/mol. The van der Waals surface area contributed by atoms with E-state index in [0.29, 0.717) is 25.2 Å². The van der Waals surface area contributed by atoms with Crippen LogP contribution in [0.25, 0.3) is 0 Å². The molecule has 2 amide bonds. The molecule has 1 fully saturated rings. The van der Waals surface area contributed by atoms with Gasteiger partial charge in [0.1, 0.15) is 0 Å². The van der Waals surface area contributed by atoms with Gasteiger partial charge in [-0.2, -0.15) is 5.10 Å². The minimum absolute atomic E-state index is 0.0346. The SMILES string of the molecule is CC(=O)N1CCN(C(=O)c2cnn(C)c2)C[C@@H]1c1ccccc1. The van der Waals surface area contributed by atoms with Gasteiger partial charge in [0.2, 0.25) is 5.91 Å². The lowest BCUT2D eigenvalue weighted by Gasteiger charge is -2.41. The third kappa shape index (κ3) is 3.11. The van der Waals surface area contributed by atoms with E-state index in [-0.39, 0.29) is 17.9 Å². The summed E-state index contributed by atoms with van der Waals surface area (Å²) in [5, 5.41) is 4.06. The summed E-state index contributed by atoms with van der Waals surface area (Å²) in [7, 11) is 1.79. The summed E-state index contributed by atoms with van der Waals surface area (Å²) in [6.07, 6.45) is 3.30. The highest BCUT2D eigenvalue weighted by Crippen LogP contribution is 2.26. The van der Waals surface area contributed by atoms with Gasteiger partial charge in [-0.3, -0.25) is 14.3 Å². The Morgan fingerprint density at radius 3 is 2.52 bits per heavy atom. The summed E-state index contributed by atoms with van der Waals surface area (Å²) >= 11 is 0. The predicted molar refractivity (Wildman–Crippen MR) is 85.7 cm³/mol. The van der Waals surface area contributed by atoms with E-state index in [0.717, 1.165) is 5.56 Å². The fourth-order valence-electron chi connectivity index (χ4n) is 3.02. The molecule has 6 heteroatoms. The highest BCUT2D eigenvalue weighted by molar-refractivity contribution is 5.94. The summed E-state index contributed by atoms with van der Waals surface area (Å²) in [5.74, 6) is -0.00503. The molecule has 1 atom stereocenters. The van der Waals surface area contributed by atoms with E-state index in [1.807, 2.05) is 35.2 Å². The molecule has 1 aromatic carbocycles. The zero-order valence-corrected chi connectivity index (χ0v) is 13.3. The van der Waals surface area contributed by atoms with Gasteiger partial charge in [0.05, 0.1) is 17.8 Å². The molecule has 1 saturated heterocycles. The number of piperazine rings is 1. The van der Waals surface area contributed by atoms with Gasteiger partial charge in [-0.1, -0.05) is 30.3 Å². The summed E-state index contributed by atoms with van der Waals surface area (Å²) in [4.78, 5) is 28.2. The van der Waals surface area contributed by atoms with Crippen molar-refractivity contribution in [2.24, 2.45) is 7.05 Å².